The molecular formula is C27H32N4O3. The smallest absolute Gasteiger partial charge is 0.253 e. The highest BCUT2D eigenvalue weighted by Gasteiger charge is 2.40. The van der Waals surface area contributed by atoms with Crippen molar-refractivity contribution < 1.29 is 14.4 Å². The minimum atomic E-state index is -0.254. The standard InChI is InChI=1S/C27H32N4O3/c1-18-13-19(2)15-21(14-18)28-25(32)17-31-24-16-20(26(33)29-10-5-6-11-29)8-9-22(24)30-12-4-3-7-23(30)27(31)34/h8-9,13-16,23H,3-7,10-12,17H2,1-2H3,(H,28,32)/t23-/m0/s1. The highest BCUT2D eigenvalue weighted by Crippen LogP contribution is 2.40. The summed E-state index contributed by atoms with van der Waals surface area (Å²) in [6, 6.07) is 11.3. The number of hydrogen-bond donors (Lipinski definition) is 1. The van der Waals surface area contributed by atoms with Gasteiger partial charge in [-0.1, -0.05) is 6.07 Å². The molecule has 1 N–H and O–H groups in total. The number of nitrogens with zero attached hydrogens (tertiary/aromatic N) is 3. The number of fused-ring (bicyclic) bond motifs is 3. The topological polar surface area (TPSA) is 73.0 Å². The number of amides is 3. The third kappa shape index (κ3) is 4.27. The monoisotopic (exact) mass is 460 g/mol. The first-order valence-corrected chi connectivity index (χ1v) is 12.3. The van der Waals surface area contributed by atoms with Crippen LogP contribution in [0.3, 0.4) is 0 Å². The van der Waals surface area contributed by atoms with Gasteiger partial charge in [-0.15, -0.1) is 0 Å². The maximum atomic E-state index is 13.6. The van der Waals surface area contributed by atoms with Crippen LogP contribution in [0, 0.1) is 13.8 Å². The molecule has 2 aromatic rings. The molecule has 0 saturated carbocycles. The molecule has 0 aromatic heterocycles. The SMILES string of the molecule is Cc1cc(C)cc(NC(=O)CN2C(=O)[C@@H]3CCCCN3c3ccc(C(=O)N4CCCC4)cc32)c1. The molecule has 2 aromatic carbocycles. The minimum Gasteiger partial charge on any atom is -0.358 e. The second-order valence-corrected chi connectivity index (χ2v) is 9.76. The van der Waals surface area contributed by atoms with Gasteiger partial charge in [0.2, 0.25) is 11.8 Å². The van der Waals surface area contributed by atoms with Crippen molar-refractivity contribution in [2.45, 2.75) is 52.0 Å². The van der Waals surface area contributed by atoms with Gasteiger partial charge in [-0.2, -0.15) is 0 Å². The summed E-state index contributed by atoms with van der Waals surface area (Å²) in [6.45, 7) is 6.25. The summed E-state index contributed by atoms with van der Waals surface area (Å²) in [5.74, 6) is -0.313. The molecule has 0 aliphatic carbocycles. The fourth-order valence-corrected chi connectivity index (χ4v) is 5.55. The van der Waals surface area contributed by atoms with Crippen LogP contribution in [0.4, 0.5) is 17.1 Å². The fourth-order valence-electron chi connectivity index (χ4n) is 5.55. The van der Waals surface area contributed by atoms with Crippen LogP contribution in [0.15, 0.2) is 36.4 Å². The molecule has 0 radical (unpaired) electrons. The number of nitrogens with one attached hydrogen (secondary N) is 1. The first kappa shape index (κ1) is 22.4. The van der Waals surface area contributed by atoms with E-state index in [1.54, 1.807) is 4.90 Å². The van der Waals surface area contributed by atoms with Gasteiger partial charge in [0, 0.05) is 30.9 Å². The molecule has 0 unspecified atom stereocenters. The third-order valence-electron chi connectivity index (χ3n) is 7.08. The lowest BCUT2D eigenvalue weighted by molar-refractivity contribution is -0.123. The van der Waals surface area contributed by atoms with Crippen LogP contribution in [0.25, 0.3) is 0 Å². The average molecular weight is 461 g/mol. The van der Waals surface area contributed by atoms with Crippen LogP contribution >= 0.6 is 0 Å². The van der Waals surface area contributed by atoms with E-state index in [9.17, 15) is 14.4 Å². The second-order valence-electron chi connectivity index (χ2n) is 9.76. The number of piperidine rings is 1. The van der Waals surface area contributed by atoms with Crippen molar-refractivity contribution in [2.24, 2.45) is 0 Å². The first-order chi connectivity index (χ1) is 16.4. The predicted molar refractivity (Wildman–Crippen MR) is 133 cm³/mol. The van der Waals surface area contributed by atoms with E-state index < -0.39 is 0 Å². The summed E-state index contributed by atoms with van der Waals surface area (Å²) < 4.78 is 0. The maximum Gasteiger partial charge on any atom is 0.253 e. The summed E-state index contributed by atoms with van der Waals surface area (Å²) >= 11 is 0. The number of aryl methyl sites for hydroxylation is 2. The molecule has 2 saturated heterocycles. The van der Waals surface area contributed by atoms with Gasteiger partial charge in [-0.05, 0) is 87.4 Å². The molecule has 3 heterocycles. The number of anilines is 3. The zero-order chi connectivity index (χ0) is 23.8. The Balaban J connectivity index is 1.45. The summed E-state index contributed by atoms with van der Waals surface area (Å²) in [6.07, 6.45) is 4.86. The van der Waals surface area contributed by atoms with E-state index in [0.29, 0.717) is 11.3 Å². The Hall–Kier alpha value is -3.35. The lowest BCUT2D eigenvalue weighted by Crippen LogP contribution is -2.56. The van der Waals surface area contributed by atoms with Crippen LogP contribution in [0.5, 0.6) is 0 Å². The lowest BCUT2D eigenvalue weighted by atomic mass is 9.95. The number of rotatable bonds is 4. The Morgan fingerprint density at radius 2 is 1.62 bits per heavy atom. The van der Waals surface area contributed by atoms with Crippen molar-refractivity contribution in [3.05, 3.63) is 53.1 Å². The number of benzene rings is 2. The molecule has 3 amide bonds. The van der Waals surface area contributed by atoms with E-state index in [1.807, 2.05) is 49.1 Å². The van der Waals surface area contributed by atoms with Crippen LogP contribution < -0.4 is 15.1 Å². The Morgan fingerprint density at radius 1 is 0.912 bits per heavy atom. The molecule has 178 valence electrons. The molecule has 3 aliphatic rings. The summed E-state index contributed by atoms with van der Waals surface area (Å²) in [5.41, 5.74) is 5.02. The van der Waals surface area contributed by atoms with Crippen LogP contribution in [-0.2, 0) is 9.59 Å². The fraction of sp³-hybridized carbons (Fsp3) is 0.444. The van der Waals surface area contributed by atoms with Crippen LogP contribution in [-0.4, -0.2) is 54.8 Å². The molecule has 1 atom stereocenters. The van der Waals surface area contributed by atoms with Gasteiger partial charge in [0.1, 0.15) is 12.6 Å². The molecule has 0 bridgehead atoms. The third-order valence-corrected chi connectivity index (χ3v) is 7.08. The molecule has 0 spiro atoms. The van der Waals surface area contributed by atoms with Gasteiger partial charge >= 0.3 is 0 Å². The molecule has 34 heavy (non-hydrogen) atoms. The Kier molecular flexibility index (Phi) is 6.02. The van der Waals surface area contributed by atoms with Crippen molar-refractivity contribution >= 4 is 34.8 Å². The molecule has 3 aliphatic heterocycles. The zero-order valence-corrected chi connectivity index (χ0v) is 20.0. The number of carbonyl (C=O) groups is 3. The van der Waals surface area contributed by atoms with Gasteiger partial charge in [0.05, 0.1) is 11.4 Å². The van der Waals surface area contributed by atoms with Gasteiger partial charge in [0.25, 0.3) is 5.91 Å². The van der Waals surface area contributed by atoms with E-state index in [4.69, 9.17) is 0 Å². The zero-order valence-electron chi connectivity index (χ0n) is 20.0. The van der Waals surface area contributed by atoms with Crippen molar-refractivity contribution in [1.29, 1.82) is 0 Å². The number of likely N-dealkylation sites (tertiary alicyclic amines) is 1. The minimum absolute atomic E-state index is 0.00634. The van der Waals surface area contributed by atoms with Crippen molar-refractivity contribution in [3.63, 3.8) is 0 Å². The highest BCUT2D eigenvalue weighted by atomic mass is 16.2. The van der Waals surface area contributed by atoms with E-state index in [2.05, 4.69) is 16.3 Å². The molecule has 7 heteroatoms. The Labute approximate surface area is 200 Å². The quantitative estimate of drug-likeness (QED) is 0.752. The van der Waals surface area contributed by atoms with E-state index in [0.717, 1.165) is 74.2 Å². The Bertz CT molecular complexity index is 1120. The van der Waals surface area contributed by atoms with Crippen LogP contribution in [0.2, 0.25) is 0 Å². The summed E-state index contributed by atoms with van der Waals surface area (Å²) in [4.78, 5) is 45.3. The van der Waals surface area contributed by atoms with E-state index in [-0.39, 0.29) is 30.3 Å². The van der Waals surface area contributed by atoms with Gasteiger partial charge in [0.15, 0.2) is 0 Å². The number of hydrogen-bond acceptors (Lipinski definition) is 4. The van der Waals surface area contributed by atoms with E-state index >= 15 is 0 Å². The van der Waals surface area contributed by atoms with Crippen molar-refractivity contribution in [1.82, 2.24) is 4.90 Å². The summed E-state index contributed by atoms with van der Waals surface area (Å²) in [5, 5.41) is 2.95. The van der Waals surface area contributed by atoms with Crippen molar-refractivity contribution in [3.8, 4) is 0 Å². The normalized spacial score (nSPS) is 19.6. The molecular weight excluding hydrogens is 428 g/mol. The highest BCUT2D eigenvalue weighted by molar-refractivity contribution is 6.11. The lowest BCUT2D eigenvalue weighted by Gasteiger charge is -2.45. The van der Waals surface area contributed by atoms with E-state index in [1.165, 1.54) is 0 Å². The van der Waals surface area contributed by atoms with Crippen molar-refractivity contribution in [2.75, 3.05) is 41.3 Å². The molecule has 5 rings (SSSR count). The largest absolute Gasteiger partial charge is 0.358 e. The molecule has 7 nitrogen and oxygen atoms in total. The maximum absolute atomic E-state index is 13.6. The first-order valence-electron chi connectivity index (χ1n) is 12.3. The van der Waals surface area contributed by atoms with Gasteiger partial charge in [-0.25, -0.2) is 0 Å². The summed E-state index contributed by atoms with van der Waals surface area (Å²) in [7, 11) is 0. The van der Waals surface area contributed by atoms with Gasteiger partial charge in [-0.3, -0.25) is 19.3 Å². The second kappa shape index (κ2) is 9.12. The average Bonchev–Trinajstić information content (AvgIpc) is 3.35. The molecule has 2 fully saturated rings. The number of carbonyl (C=O) groups excluding carboxylic acids is 3. The Morgan fingerprint density at radius 3 is 2.35 bits per heavy atom. The van der Waals surface area contributed by atoms with Crippen LogP contribution in [0.1, 0.15) is 53.6 Å². The predicted octanol–water partition coefficient (Wildman–Crippen LogP) is 3.88. The van der Waals surface area contributed by atoms with Gasteiger partial charge < -0.3 is 15.1 Å².